The van der Waals surface area contributed by atoms with Crippen LogP contribution in [0.3, 0.4) is 0 Å². The SMILES string of the molecule is CCOC(=O)c1nc(C(=O)Nc2cccnc2)cs1. The number of ether oxygens (including phenoxy) is 1. The Kier molecular flexibility index (Phi) is 4.19. The molecule has 6 nitrogen and oxygen atoms in total. The number of pyridine rings is 1. The molecule has 2 heterocycles. The standard InChI is InChI=1S/C12H11N3O3S/c1-2-18-12(17)11-15-9(7-19-11)10(16)14-8-4-3-5-13-6-8/h3-7H,2H2,1H3,(H,14,16). The molecule has 0 saturated heterocycles. The van der Waals surface area contributed by atoms with Gasteiger partial charge in [-0.1, -0.05) is 0 Å². The second-order valence-electron chi connectivity index (χ2n) is 3.45. The molecule has 0 fully saturated rings. The number of anilines is 1. The molecule has 0 aliphatic rings. The van der Waals surface area contributed by atoms with E-state index in [-0.39, 0.29) is 23.2 Å². The Labute approximate surface area is 113 Å². The molecule has 1 N–H and O–H groups in total. The molecule has 19 heavy (non-hydrogen) atoms. The van der Waals surface area contributed by atoms with Crippen molar-refractivity contribution >= 4 is 28.9 Å². The van der Waals surface area contributed by atoms with Crippen LogP contribution in [0.25, 0.3) is 0 Å². The van der Waals surface area contributed by atoms with E-state index in [4.69, 9.17) is 4.74 Å². The number of hydrogen-bond acceptors (Lipinski definition) is 6. The highest BCUT2D eigenvalue weighted by Gasteiger charge is 2.16. The third-order valence-electron chi connectivity index (χ3n) is 2.11. The van der Waals surface area contributed by atoms with E-state index < -0.39 is 5.97 Å². The molecule has 0 aliphatic heterocycles. The quantitative estimate of drug-likeness (QED) is 0.864. The van der Waals surface area contributed by atoms with Crippen LogP contribution in [0.5, 0.6) is 0 Å². The molecule has 2 aromatic rings. The molecule has 7 heteroatoms. The molecular formula is C12H11N3O3S. The average molecular weight is 277 g/mol. The summed E-state index contributed by atoms with van der Waals surface area (Å²) in [5, 5.41) is 4.31. The zero-order chi connectivity index (χ0) is 13.7. The first kappa shape index (κ1) is 13.2. The van der Waals surface area contributed by atoms with Crippen molar-refractivity contribution in [2.45, 2.75) is 6.92 Å². The fraction of sp³-hybridized carbons (Fsp3) is 0.167. The van der Waals surface area contributed by atoms with E-state index in [0.29, 0.717) is 5.69 Å². The number of carbonyl (C=O) groups excluding carboxylic acids is 2. The van der Waals surface area contributed by atoms with Gasteiger partial charge >= 0.3 is 5.97 Å². The normalized spacial score (nSPS) is 9.95. The Balaban J connectivity index is 2.06. The van der Waals surface area contributed by atoms with Gasteiger partial charge in [-0.05, 0) is 19.1 Å². The van der Waals surface area contributed by atoms with E-state index in [1.165, 1.54) is 11.6 Å². The van der Waals surface area contributed by atoms with Crippen LogP contribution >= 0.6 is 11.3 Å². The molecule has 0 aliphatic carbocycles. The van der Waals surface area contributed by atoms with Crippen molar-refractivity contribution < 1.29 is 14.3 Å². The summed E-state index contributed by atoms with van der Waals surface area (Å²) >= 11 is 1.07. The lowest BCUT2D eigenvalue weighted by molar-refractivity contribution is 0.0526. The van der Waals surface area contributed by atoms with Gasteiger partial charge < -0.3 is 10.1 Å². The van der Waals surface area contributed by atoms with Gasteiger partial charge in [-0.15, -0.1) is 11.3 Å². The topological polar surface area (TPSA) is 81.2 Å². The maximum atomic E-state index is 11.9. The number of carbonyl (C=O) groups is 2. The molecular weight excluding hydrogens is 266 g/mol. The van der Waals surface area contributed by atoms with E-state index in [1.807, 2.05) is 0 Å². The molecule has 1 amide bonds. The van der Waals surface area contributed by atoms with E-state index in [1.54, 1.807) is 25.3 Å². The summed E-state index contributed by atoms with van der Waals surface area (Å²) in [5.41, 5.74) is 0.745. The summed E-state index contributed by atoms with van der Waals surface area (Å²) in [7, 11) is 0. The van der Waals surface area contributed by atoms with Crippen LogP contribution in [0.1, 0.15) is 27.2 Å². The van der Waals surface area contributed by atoms with Gasteiger partial charge in [0.15, 0.2) is 0 Å². The first-order chi connectivity index (χ1) is 9.20. The fourth-order valence-corrected chi connectivity index (χ4v) is 1.99. The van der Waals surface area contributed by atoms with Gasteiger partial charge in [-0.2, -0.15) is 0 Å². The molecule has 0 atom stereocenters. The molecule has 2 aromatic heterocycles. The van der Waals surface area contributed by atoms with E-state index in [0.717, 1.165) is 11.3 Å². The third kappa shape index (κ3) is 3.35. The number of rotatable bonds is 4. The summed E-state index contributed by atoms with van der Waals surface area (Å²) in [4.78, 5) is 31.1. The Hall–Kier alpha value is -2.28. The summed E-state index contributed by atoms with van der Waals surface area (Å²) in [6.45, 7) is 1.98. The highest BCUT2D eigenvalue weighted by atomic mass is 32.1. The molecule has 2 rings (SSSR count). The minimum absolute atomic E-state index is 0.165. The average Bonchev–Trinajstić information content (AvgIpc) is 2.90. The molecule has 0 radical (unpaired) electrons. The lowest BCUT2D eigenvalue weighted by Crippen LogP contribution is -2.13. The fourth-order valence-electron chi connectivity index (χ4n) is 1.30. The lowest BCUT2D eigenvalue weighted by atomic mass is 10.4. The minimum Gasteiger partial charge on any atom is -0.461 e. The summed E-state index contributed by atoms with van der Waals surface area (Å²) < 4.78 is 4.81. The third-order valence-corrected chi connectivity index (χ3v) is 2.93. The first-order valence-electron chi connectivity index (χ1n) is 5.54. The van der Waals surface area contributed by atoms with Gasteiger partial charge in [0.2, 0.25) is 5.01 Å². The van der Waals surface area contributed by atoms with Gasteiger partial charge in [0.25, 0.3) is 5.91 Å². The number of amides is 1. The van der Waals surface area contributed by atoms with Crippen molar-refractivity contribution in [3.8, 4) is 0 Å². The number of nitrogens with one attached hydrogen (secondary N) is 1. The maximum Gasteiger partial charge on any atom is 0.367 e. The van der Waals surface area contributed by atoms with E-state index in [2.05, 4.69) is 15.3 Å². The number of esters is 1. The molecule has 0 saturated carbocycles. The van der Waals surface area contributed by atoms with Crippen LogP contribution < -0.4 is 5.32 Å². The van der Waals surface area contributed by atoms with Crippen molar-refractivity contribution in [1.29, 1.82) is 0 Å². The zero-order valence-corrected chi connectivity index (χ0v) is 10.9. The molecule has 0 unspecified atom stereocenters. The molecule has 98 valence electrons. The number of hydrogen-bond donors (Lipinski definition) is 1. The zero-order valence-electron chi connectivity index (χ0n) is 10.1. The highest BCUT2D eigenvalue weighted by Crippen LogP contribution is 2.13. The van der Waals surface area contributed by atoms with Crippen molar-refractivity contribution in [2.75, 3.05) is 11.9 Å². The van der Waals surface area contributed by atoms with Gasteiger partial charge in [-0.25, -0.2) is 9.78 Å². The Morgan fingerprint density at radius 3 is 3.00 bits per heavy atom. The first-order valence-corrected chi connectivity index (χ1v) is 6.42. The second kappa shape index (κ2) is 6.05. The minimum atomic E-state index is -0.520. The Morgan fingerprint density at radius 2 is 2.32 bits per heavy atom. The summed E-state index contributed by atoms with van der Waals surface area (Å²) in [6, 6.07) is 3.42. The monoisotopic (exact) mass is 277 g/mol. The van der Waals surface area contributed by atoms with Crippen LogP contribution in [-0.2, 0) is 4.74 Å². The Morgan fingerprint density at radius 1 is 1.47 bits per heavy atom. The van der Waals surface area contributed by atoms with E-state index >= 15 is 0 Å². The van der Waals surface area contributed by atoms with Crippen LogP contribution in [0, 0.1) is 0 Å². The van der Waals surface area contributed by atoms with Crippen LogP contribution in [0.4, 0.5) is 5.69 Å². The predicted octanol–water partition coefficient (Wildman–Crippen LogP) is 1.97. The van der Waals surface area contributed by atoms with Gasteiger partial charge in [-0.3, -0.25) is 9.78 Å². The summed E-state index contributed by atoms with van der Waals surface area (Å²) in [6.07, 6.45) is 3.13. The van der Waals surface area contributed by atoms with E-state index in [9.17, 15) is 9.59 Å². The number of nitrogens with zero attached hydrogens (tertiary/aromatic N) is 2. The number of aromatic nitrogens is 2. The van der Waals surface area contributed by atoms with Crippen LogP contribution in [-0.4, -0.2) is 28.5 Å². The van der Waals surface area contributed by atoms with Crippen LogP contribution in [0.2, 0.25) is 0 Å². The summed E-state index contributed by atoms with van der Waals surface area (Å²) in [5.74, 6) is -0.910. The van der Waals surface area contributed by atoms with Crippen molar-refractivity contribution in [3.63, 3.8) is 0 Å². The molecule has 0 bridgehead atoms. The van der Waals surface area contributed by atoms with Crippen molar-refractivity contribution in [2.24, 2.45) is 0 Å². The van der Waals surface area contributed by atoms with Gasteiger partial charge in [0.05, 0.1) is 18.5 Å². The maximum absolute atomic E-state index is 11.9. The molecule has 0 spiro atoms. The number of thiazole rings is 1. The largest absolute Gasteiger partial charge is 0.461 e. The van der Waals surface area contributed by atoms with Crippen molar-refractivity contribution in [1.82, 2.24) is 9.97 Å². The van der Waals surface area contributed by atoms with Crippen molar-refractivity contribution in [3.05, 3.63) is 40.6 Å². The smallest absolute Gasteiger partial charge is 0.367 e. The van der Waals surface area contributed by atoms with Gasteiger partial charge in [0.1, 0.15) is 5.69 Å². The second-order valence-corrected chi connectivity index (χ2v) is 4.31. The predicted molar refractivity (Wildman–Crippen MR) is 70.3 cm³/mol. The highest BCUT2D eigenvalue weighted by molar-refractivity contribution is 7.11. The van der Waals surface area contributed by atoms with Crippen LogP contribution in [0.15, 0.2) is 29.9 Å². The Bertz CT molecular complexity index is 583. The van der Waals surface area contributed by atoms with Gasteiger partial charge in [0, 0.05) is 11.6 Å². The lowest BCUT2D eigenvalue weighted by Gasteiger charge is -2.01. The molecule has 0 aromatic carbocycles.